The molecule has 0 aliphatic heterocycles. The Morgan fingerprint density at radius 1 is 1.26 bits per heavy atom. The summed E-state index contributed by atoms with van der Waals surface area (Å²) in [6.45, 7) is 1.40. The van der Waals surface area contributed by atoms with E-state index in [-0.39, 0.29) is 33.1 Å². The fourth-order valence-electron chi connectivity index (χ4n) is 2.46. The molecule has 0 amide bonds. The first-order valence-electron chi connectivity index (χ1n) is 7.55. The fraction of sp³-hybridized carbons (Fsp3) is 0.188. The van der Waals surface area contributed by atoms with Crippen LogP contribution < -0.4 is 0 Å². The van der Waals surface area contributed by atoms with Crippen molar-refractivity contribution < 1.29 is 31.5 Å². The Morgan fingerprint density at radius 2 is 1.96 bits per heavy atom. The van der Waals surface area contributed by atoms with Gasteiger partial charge in [-0.15, -0.1) is 0 Å². The number of carboxylic acids is 1. The number of sulfone groups is 1. The number of hydrogen-bond donors (Lipinski definition) is 1. The van der Waals surface area contributed by atoms with Gasteiger partial charge in [-0.2, -0.15) is 13.2 Å². The zero-order chi connectivity index (χ0) is 20.0. The molecule has 0 radical (unpaired) electrons. The van der Waals surface area contributed by atoms with Crippen molar-refractivity contribution >= 4 is 21.5 Å². The van der Waals surface area contributed by atoms with Crippen LogP contribution in [0.2, 0.25) is 0 Å². The quantitative estimate of drug-likeness (QED) is 0.724. The molecule has 1 N–H and O–H groups in total. The number of carboxylic acid groups (broad SMARTS) is 1. The van der Waals surface area contributed by atoms with E-state index in [0.717, 1.165) is 18.5 Å². The van der Waals surface area contributed by atoms with E-state index in [1.165, 1.54) is 29.7 Å². The summed E-state index contributed by atoms with van der Waals surface area (Å²) in [6.07, 6.45) is -2.39. The molecule has 0 saturated heterocycles. The first-order valence-corrected chi connectivity index (χ1v) is 9.20. The highest BCUT2D eigenvalue weighted by atomic mass is 32.2. The van der Waals surface area contributed by atoms with E-state index >= 15 is 0 Å². The van der Waals surface area contributed by atoms with Gasteiger partial charge in [-0.25, -0.2) is 23.2 Å². The number of halogens is 3. The summed E-state index contributed by atoms with van der Waals surface area (Å²) in [5.74, 6) is -1.58. The lowest BCUT2D eigenvalue weighted by Crippen LogP contribution is -2.08. The molecule has 7 nitrogen and oxygen atoms in total. The molecule has 3 rings (SSSR count). The second kappa shape index (κ2) is 6.34. The van der Waals surface area contributed by atoms with Crippen molar-refractivity contribution in [3.05, 3.63) is 48.0 Å². The van der Waals surface area contributed by atoms with Gasteiger partial charge in [0.25, 0.3) is 0 Å². The van der Waals surface area contributed by atoms with Crippen LogP contribution in [0.15, 0.2) is 41.7 Å². The van der Waals surface area contributed by atoms with Gasteiger partial charge in [0.15, 0.2) is 9.84 Å². The van der Waals surface area contributed by atoms with Gasteiger partial charge >= 0.3 is 12.1 Å². The van der Waals surface area contributed by atoms with Crippen LogP contribution in [0.5, 0.6) is 0 Å². The molecule has 0 aliphatic carbocycles. The minimum absolute atomic E-state index is 0.0746. The number of alkyl halides is 3. The van der Waals surface area contributed by atoms with Crippen molar-refractivity contribution in [2.45, 2.75) is 18.0 Å². The minimum atomic E-state index is -4.65. The van der Waals surface area contributed by atoms with Gasteiger partial charge < -0.3 is 5.11 Å². The molecule has 0 saturated carbocycles. The van der Waals surface area contributed by atoms with E-state index in [1.54, 1.807) is 0 Å². The maximum Gasteiger partial charge on any atom is 0.433 e. The van der Waals surface area contributed by atoms with E-state index in [1.807, 2.05) is 0 Å². The maximum atomic E-state index is 12.8. The Bertz CT molecular complexity index is 1150. The molecule has 142 valence electrons. The fourth-order valence-corrected chi connectivity index (χ4v) is 3.58. The number of fused-ring (bicyclic) bond motifs is 1. The highest BCUT2D eigenvalue weighted by molar-refractivity contribution is 7.91. The first kappa shape index (κ1) is 18.8. The lowest BCUT2D eigenvalue weighted by atomic mass is 10.1. The molecule has 27 heavy (non-hydrogen) atoms. The first-order chi connectivity index (χ1) is 12.5. The molecule has 0 bridgehead atoms. The van der Waals surface area contributed by atoms with Crippen molar-refractivity contribution in [3.8, 4) is 11.3 Å². The van der Waals surface area contributed by atoms with Gasteiger partial charge in [0.1, 0.15) is 17.7 Å². The smallest absolute Gasteiger partial charge is 0.433 e. The van der Waals surface area contributed by atoms with Crippen LogP contribution in [0, 0.1) is 0 Å². The lowest BCUT2D eigenvalue weighted by molar-refractivity contribution is -0.141. The minimum Gasteiger partial charge on any atom is -0.478 e. The maximum absolute atomic E-state index is 12.8. The summed E-state index contributed by atoms with van der Waals surface area (Å²) >= 11 is 0. The number of carbonyl (C=O) groups is 1. The number of aromatic carboxylic acids is 1. The van der Waals surface area contributed by atoms with E-state index in [0.29, 0.717) is 0 Å². The second-order valence-electron chi connectivity index (χ2n) is 5.58. The SMILES string of the molecule is CCS(=O)(=O)c1cc(C(=O)O)ccc1-c1cn2cnc(C(F)(F)F)cc2n1. The Hall–Kier alpha value is -2.95. The van der Waals surface area contributed by atoms with Gasteiger partial charge in [-0.05, 0) is 12.1 Å². The van der Waals surface area contributed by atoms with Crippen molar-refractivity contribution in [2.24, 2.45) is 0 Å². The third kappa shape index (κ3) is 3.50. The molecule has 2 heterocycles. The van der Waals surface area contributed by atoms with Crippen molar-refractivity contribution in [3.63, 3.8) is 0 Å². The number of rotatable bonds is 4. The van der Waals surface area contributed by atoms with Gasteiger partial charge in [0, 0.05) is 17.8 Å². The number of imidazole rings is 1. The molecule has 0 atom stereocenters. The summed E-state index contributed by atoms with van der Waals surface area (Å²) in [4.78, 5) is 18.3. The highest BCUT2D eigenvalue weighted by Crippen LogP contribution is 2.31. The van der Waals surface area contributed by atoms with E-state index in [2.05, 4.69) is 9.97 Å². The molecular formula is C16H12F3N3O4S. The van der Waals surface area contributed by atoms with Crippen LogP contribution in [0.1, 0.15) is 23.0 Å². The Morgan fingerprint density at radius 3 is 2.56 bits per heavy atom. The molecule has 1 aromatic carbocycles. The van der Waals surface area contributed by atoms with Gasteiger partial charge in [0.2, 0.25) is 0 Å². The molecule has 0 fully saturated rings. The molecule has 11 heteroatoms. The zero-order valence-electron chi connectivity index (χ0n) is 13.7. The van der Waals surface area contributed by atoms with Gasteiger partial charge in [-0.1, -0.05) is 13.0 Å². The van der Waals surface area contributed by atoms with E-state index < -0.39 is 27.7 Å². The number of benzene rings is 1. The second-order valence-corrected chi connectivity index (χ2v) is 7.83. The van der Waals surface area contributed by atoms with Crippen LogP contribution in [0.25, 0.3) is 16.9 Å². The monoisotopic (exact) mass is 399 g/mol. The summed E-state index contributed by atoms with van der Waals surface area (Å²) < 4.78 is 64.4. The standard InChI is InChI=1S/C16H12F3N3O4S/c1-2-27(25,26)12-5-9(15(23)24)3-4-10(12)11-7-22-8-20-13(16(17,18)19)6-14(22)21-11/h3-8H,2H2,1H3,(H,23,24). The summed E-state index contributed by atoms with van der Waals surface area (Å²) in [7, 11) is -3.81. The predicted molar refractivity (Wildman–Crippen MR) is 88.1 cm³/mol. The molecule has 3 aromatic rings. The Balaban J connectivity index is 2.22. The summed E-state index contributed by atoms with van der Waals surface area (Å²) in [5.41, 5.74) is -1.25. The molecule has 2 aromatic heterocycles. The average Bonchev–Trinajstić information content (AvgIpc) is 3.03. The highest BCUT2D eigenvalue weighted by Gasteiger charge is 2.33. The molecule has 0 unspecified atom stereocenters. The summed E-state index contributed by atoms with van der Waals surface area (Å²) in [5, 5.41) is 9.10. The predicted octanol–water partition coefficient (Wildman–Crippen LogP) is 2.91. The van der Waals surface area contributed by atoms with Crippen molar-refractivity contribution in [1.29, 1.82) is 0 Å². The van der Waals surface area contributed by atoms with Gasteiger partial charge in [-0.3, -0.25) is 4.40 Å². The molecule has 0 aliphatic rings. The summed E-state index contributed by atoms with van der Waals surface area (Å²) in [6, 6.07) is 4.23. The lowest BCUT2D eigenvalue weighted by Gasteiger charge is -2.08. The third-order valence-corrected chi connectivity index (χ3v) is 5.63. The largest absolute Gasteiger partial charge is 0.478 e. The zero-order valence-corrected chi connectivity index (χ0v) is 14.5. The molecular weight excluding hydrogens is 387 g/mol. The van der Waals surface area contributed by atoms with Crippen molar-refractivity contribution in [2.75, 3.05) is 5.75 Å². The van der Waals surface area contributed by atoms with Crippen LogP contribution in [0.3, 0.4) is 0 Å². The Labute approximate surface area is 151 Å². The van der Waals surface area contributed by atoms with E-state index in [9.17, 15) is 26.4 Å². The van der Waals surface area contributed by atoms with Crippen LogP contribution >= 0.6 is 0 Å². The molecule has 0 spiro atoms. The van der Waals surface area contributed by atoms with Gasteiger partial charge in [0.05, 0.1) is 21.9 Å². The normalized spacial score (nSPS) is 12.4. The third-order valence-electron chi connectivity index (χ3n) is 3.86. The Kier molecular flexibility index (Phi) is 4.42. The van der Waals surface area contributed by atoms with Crippen molar-refractivity contribution in [1.82, 2.24) is 14.4 Å². The average molecular weight is 399 g/mol. The number of nitrogens with zero attached hydrogens (tertiary/aromatic N) is 3. The van der Waals surface area contributed by atoms with E-state index in [4.69, 9.17) is 5.11 Å². The van der Waals surface area contributed by atoms with Crippen LogP contribution in [0.4, 0.5) is 13.2 Å². The van der Waals surface area contributed by atoms with Crippen LogP contribution in [-0.2, 0) is 16.0 Å². The number of hydrogen-bond acceptors (Lipinski definition) is 5. The number of aromatic nitrogens is 3. The van der Waals surface area contributed by atoms with Crippen LogP contribution in [-0.4, -0.2) is 39.6 Å². The topological polar surface area (TPSA) is 102 Å².